The average Bonchev–Trinajstić information content (AvgIpc) is 2.52. The molecule has 0 atom stereocenters. The molecule has 0 saturated heterocycles. The van der Waals surface area contributed by atoms with Gasteiger partial charge in [0.1, 0.15) is 12.4 Å². The van der Waals surface area contributed by atoms with Gasteiger partial charge in [0, 0.05) is 12.2 Å². The van der Waals surface area contributed by atoms with E-state index in [4.69, 9.17) is 11.2 Å². The second-order valence-electron chi connectivity index (χ2n) is 4.54. The Morgan fingerprint density at radius 3 is 2.60 bits per heavy atom. The van der Waals surface area contributed by atoms with Crippen LogP contribution >= 0.6 is 0 Å². The average molecular weight is 265 g/mol. The minimum Gasteiger partial charge on any atom is -0.481 e. The molecular formula is C18H19NO. The topological polar surface area (TPSA) is 21.3 Å². The number of aryl methyl sites for hydroxylation is 1. The van der Waals surface area contributed by atoms with Gasteiger partial charge in [-0.3, -0.25) is 0 Å². The highest BCUT2D eigenvalue weighted by molar-refractivity contribution is 5.45. The lowest BCUT2D eigenvalue weighted by molar-refractivity contribution is 0.370. The number of nitrogens with one attached hydrogen (secondary N) is 1. The predicted molar refractivity (Wildman–Crippen MR) is 83.9 cm³/mol. The summed E-state index contributed by atoms with van der Waals surface area (Å²) in [4.78, 5) is 0. The third-order valence-electron chi connectivity index (χ3n) is 3.08. The Balaban J connectivity index is 1.94. The molecule has 2 nitrogen and oxygen atoms in total. The number of anilines is 1. The van der Waals surface area contributed by atoms with Gasteiger partial charge in [0.05, 0.1) is 0 Å². The van der Waals surface area contributed by atoms with Crippen molar-refractivity contribution < 1.29 is 4.74 Å². The van der Waals surface area contributed by atoms with E-state index in [0.717, 1.165) is 24.4 Å². The molecule has 0 aliphatic carbocycles. The van der Waals surface area contributed by atoms with Gasteiger partial charge in [0.15, 0.2) is 0 Å². The Labute approximate surface area is 120 Å². The van der Waals surface area contributed by atoms with Crippen molar-refractivity contribution in [1.29, 1.82) is 0 Å². The van der Waals surface area contributed by atoms with Gasteiger partial charge in [0.2, 0.25) is 0 Å². The molecule has 0 aromatic heterocycles. The molecule has 0 heterocycles. The van der Waals surface area contributed by atoms with E-state index < -0.39 is 0 Å². The zero-order chi connectivity index (χ0) is 14.2. The summed E-state index contributed by atoms with van der Waals surface area (Å²) in [5.74, 6) is 3.28. The number of hydrogen-bond acceptors (Lipinski definition) is 2. The monoisotopic (exact) mass is 265 g/mol. The van der Waals surface area contributed by atoms with Crippen molar-refractivity contribution in [3.05, 3.63) is 59.7 Å². The van der Waals surface area contributed by atoms with Crippen molar-refractivity contribution in [2.24, 2.45) is 0 Å². The molecule has 0 saturated carbocycles. The van der Waals surface area contributed by atoms with E-state index >= 15 is 0 Å². The maximum atomic E-state index is 5.41. The lowest BCUT2D eigenvalue weighted by atomic mass is 10.1. The standard InChI is InChI=1S/C18H19NO/c1-3-12-20-18-7-5-6-16(13-18)14-19-17-10-8-15(4-2)9-11-17/h1,5-11,13,19H,4,12,14H2,2H3. The zero-order valence-corrected chi connectivity index (χ0v) is 11.7. The van der Waals surface area contributed by atoms with Crippen LogP contribution in [-0.4, -0.2) is 6.61 Å². The Morgan fingerprint density at radius 2 is 1.90 bits per heavy atom. The summed E-state index contributed by atoms with van der Waals surface area (Å²) in [6.45, 7) is 3.22. The van der Waals surface area contributed by atoms with Crippen LogP contribution in [0.3, 0.4) is 0 Å². The van der Waals surface area contributed by atoms with E-state index in [9.17, 15) is 0 Å². The van der Waals surface area contributed by atoms with Gasteiger partial charge in [-0.05, 0) is 41.8 Å². The molecule has 0 amide bonds. The first-order chi connectivity index (χ1) is 9.81. The maximum absolute atomic E-state index is 5.41. The molecule has 1 N–H and O–H groups in total. The normalized spacial score (nSPS) is 9.80. The Bertz CT molecular complexity index is 581. The fraction of sp³-hybridized carbons (Fsp3) is 0.222. The summed E-state index contributed by atoms with van der Waals surface area (Å²) < 4.78 is 5.41. The van der Waals surface area contributed by atoms with Crippen molar-refractivity contribution in [2.45, 2.75) is 19.9 Å². The van der Waals surface area contributed by atoms with E-state index in [1.165, 1.54) is 11.1 Å². The van der Waals surface area contributed by atoms with Crippen LogP contribution in [-0.2, 0) is 13.0 Å². The summed E-state index contributed by atoms with van der Waals surface area (Å²) in [7, 11) is 0. The van der Waals surface area contributed by atoms with Crippen molar-refractivity contribution in [3.63, 3.8) is 0 Å². The van der Waals surface area contributed by atoms with Crippen LogP contribution in [0.2, 0.25) is 0 Å². The van der Waals surface area contributed by atoms with E-state index in [1.807, 2.05) is 18.2 Å². The summed E-state index contributed by atoms with van der Waals surface area (Å²) in [6, 6.07) is 16.5. The third-order valence-corrected chi connectivity index (χ3v) is 3.08. The van der Waals surface area contributed by atoms with Gasteiger partial charge in [0.25, 0.3) is 0 Å². The Morgan fingerprint density at radius 1 is 1.10 bits per heavy atom. The van der Waals surface area contributed by atoms with Crippen LogP contribution in [0, 0.1) is 12.3 Å². The molecule has 2 rings (SSSR count). The summed E-state index contributed by atoms with van der Waals surface area (Å²) in [6.07, 6.45) is 6.25. The van der Waals surface area contributed by atoms with Gasteiger partial charge >= 0.3 is 0 Å². The van der Waals surface area contributed by atoms with Gasteiger partial charge < -0.3 is 10.1 Å². The first-order valence-electron chi connectivity index (χ1n) is 6.80. The molecule has 102 valence electrons. The highest BCUT2D eigenvalue weighted by Crippen LogP contribution is 2.15. The Kier molecular flexibility index (Phi) is 5.08. The van der Waals surface area contributed by atoms with Crippen LogP contribution in [0.1, 0.15) is 18.1 Å². The van der Waals surface area contributed by atoms with Crippen LogP contribution in [0.25, 0.3) is 0 Å². The molecule has 2 heteroatoms. The molecule has 2 aromatic rings. The van der Waals surface area contributed by atoms with Crippen LogP contribution in [0.5, 0.6) is 5.75 Å². The van der Waals surface area contributed by atoms with Gasteiger partial charge in [-0.1, -0.05) is 37.1 Å². The molecule has 2 aromatic carbocycles. The molecule has 0 aliphatic rings. The zero-order valence-electron chi connectivity index (χ0n) is 11.7. The van der Waals surface area contributed by atoms with E-state index in [0.29, 0.717) is 6.61 Å². The minimum atomic E-state index is 0.301. The lowest BCUT2D eigenvalue weighted by Gasteiger charge is -2.09. The molecule has 0 bridgehead atoms. The minimum absolute atomic E-state index is 0.301. The Hall–Kier alpha value is -2.40. The number of ether oxygens (including phenoxy) is 1. The predicted octanol–water partition coefficient (Wildman–Crippen LogP) is 3.87. The summed E-state index contributed by atoms with van der Waals surface area (Å²) >= 11 is 0. The van der Waals surface area contributed by atoms with Crippen LogP contribution in [0.4, 0.5) is 5.69 Å². The lowest BCUT2D eigenvalue weighted by Crippen LogP contribution is -2.00. The molecule has 0 spiro atoms. The summed E-state index contributed by atoms with van der Waals surface area (Å²) in [5, 5.41) is 3.40. The first kappa shape index (κ1) is 14.0. The van der Waals surface area contributed by atoms with Gasteiger partial charge in [-0.15, -0.1) is 6.42 Å². The molecular weight excluding hydrogens is 246 g/mol. The van der Waals surface area contributed by atoms with E-state index in [-0.39, 0.29) is 0 Å². The first-order valence-corrected chi connectivity index (χ1v) is 6.80. The van der Waals surface area contributed by atoms with Gasteiger partial charge in [-0.25, -0.2) is 0 Å². The SMILES string of the molecule is C#CCOc1cccc(CNc2ccc(CC)cc2)c1. The van der Waals surface area contributed by atoms with Gasteiger partial charge in [-0.2, -0.15) is 0 Å². The molecule has 0 fully saturated rings. The summed E-state index contributed by atoms with van der Waals surface area (Å²) in [5.41, 5.74) is 3.64. The second-order valence-corrected chi connectivity index (χ2v) is 4.54. The van der Waals surface area contributed by atoms with E-state index in [1.54, 1.807) is 0 Å². The quantitative estimate of drug-likeness (QED) is 0.800. The number of benzene rings is 2. The largest absolute Gasteiger partial charge is 0.481 e. The fourth-order valence-electron chi connectivity index (χ4n) is 1.93. The van der Waals surface area contributed by atoms with Crippen molar-refractivity contribution in [2.75, 3.05) is 11.9 Å². The maximum Gasteiger partial charge on any atom is 0.148 e. The third kappa shape index (κ3) is 4.07. The number of hydrogen-bond donors (Lipinski definition) is 1. The molecule has 0 radical (unpaired) electrons. The highest BCUT2D eigenvalue weighted by atomic mass is 16.5. The highest BCUT2D eigenvalue weighted by Gasteiger charge is 1.98. The van der Waals surface area contributed by atoms with E-state index in [2.05, 4.69) is 48.5 Å². The number of rotatable bonds is 6. The number of terminal acetylenes is 1. The van der Waals surface area contributed by atoms with Crippen molar-refractivity contribution in [1.82, 2.24) is 0 Å². The van der Waals surface area contributed by atoms with Crippen molar-refractivity contribution in [3.8, 4) is 18.1 Å². The molecule has 0 aliphatic heterocycles. The van der Waals surface area contributed by atoms with Crippen molar-refractivity contribution >= 4 is 5.69 Å². The molecule has 20 heavy (non-hydrogen) atoms. The van der Waals surface area contributed by atoms with Crippen LogP contribution < -0.4 is 10.1 Å². The second kappa shape index (κ2) is 7.25. The fourth-order valence-corrected chi connectivity index (χ4v) is 1.93. The molecule has 0 unspecified atom stereocenters. The van der Waals surface area contributed by atoms with Crippen LogP contribution in [0.15, 0.2) is 48.5 Å². The smallest absolute Gasteiger partial charge is 0.148 e.